The normalized spacial score (nSPS) is 12.7. The van der Waals surface area contributed by atoms with E-state index in [1.807, 2.05) is 0 Å². The number of primary amides is 1. The molecule has 1 unspecified atom stereocenters. The van der Waals surface area contributed by atoms with Crippen molar-refractivity contribution in [1.82, 2.24) is 10.6 Å². The lowest BCUT2D eigenvalue weighted by Crippen LogP contribution is -2.51. The monoisotopic (exact) mass is 258 g/mol. The smallest absolute Gasteiger partial charge is 0.243 e. The summed E-state index contributed by atoms with van der Waals surface area (Å²) in [7, 11) is 0. The third-order valence-electron chi connectivity index (χ3n) is 2.15. The standard InChI is InChI=1S/C11H22N4O3/c1-11(2,3)10(18)15-7(6-8(13)16)9(17)14-5-4-12/h7H,4-6,12H2,1-3H3,(H2,13,16)(H,14,17)(H,15,18). The number of nitrogens with two attached hydrogens (primary N) is 2. The van der Waals surface area contributed by atoms with E-state index in [9.17, 15) is 14.4 Å². The number of rotatable bonds is 6. The highest BCUT2D eigenvalue weighted by atomic mass is 16.2. The molecule has 104 valence electrons. The fraction of sp³-hybridized carbons (Fsp3) is 0.727. The highest BCUT2D eigenvalue weighted by Crippen LogP contribution is 2.13. The zero-order valence-corrected chi connectivity index (χ0v) is 11.1. The molecule has 0 aromatic carbocycles. The molecule has 0 aromatic rings. The second-order valence-corrected chi connectivity index (χ2v) is 5.03. The Morgan fingerprint density at radius 1 is 1.22 bits per heavy atom. The number of hydrogen-bond acceptors (Lipinski definition) is 4. The van der Waals surface area contributed by atoms with Gasteiger partial charge in [-0.3, -0.25) is 14.4 Å². The minimum atomic E-state index is -0.958. The Kier molecular flexibility index (Phi) is 6.32. The van der Waals surface area contributed by atoms with Gasteiger partial charge in [-0.15, -0.1) is 0 Å². The fourth-order valence-corrected chi connectivity index (χ4v) is 1.10. The highest BCUT2D eigenvalue weighted by molar-refractivity contribution is 5.92. The van der Waals surface area contributed by atoms with E-state index in [1.54, 1.807) is 20.8 Å². The largest absolute Gasteiger partial charge is 0.370 e. The average Bonchev–Trinajstić information content (AvgIpc) is 2.22. The number of carbonyl (C=O) groups is 3. The molecule has 0 aliphatic carbocycles. The average molecular weight is 258 g/mol. The van der Waals surface area contributed by atoms with Gasteiger partial charge >= 0.3 is 0 Å². The van der Waals surface area contributed by atoms with Crippen LogP contribution >= 0.6 is 0 Å². The molecule has 0 rings (SSSR count). The molecular weight excluding hydrogens is 236 g/mol. The molecule has 0 aliphatic rings. The highest BCUT2D eigenvalue weighted by Gasteiger charge is 2.28. The third kappa shape index (κ3) is 6.19. The van der Waals surface area contributed by atoms with E-state index in [-0.39, 0.29) is 25.4 Å². The van der Waals surface area contributed by atoms with Crippen LogP contribution in [0.3, 0.4) is 0 Å². The molecule has 0 bridgehead atoms. The number of hydrogen-bond donors (Lipinski definition) is 4. The van der Waals surface area contributed by atoms with Crippen LogP contribution in [-0.2, 0) is 14.4 Å². The van der Waals surface area contributed by atoms with Gasteiger partial charge in [0.2, 0.25) is 17.7 Å². The van der Waals surface area contributed by atoms with Crippen molar-refractivity contribution < 1.29 is 14.4 Å². The van der Waals surface area contributed by atoms with Gasteiger partial charge in [-0.25, -0.2) is 0 Å². The van der Waals surface area contributed by atoms with Crippen LogP contribution in [0.2, 0.25) is 0 Å². The molecule has 0 fully saturated rings. The summed E-state index contributed by atoms with van der Waals surface area (Å²) in [4.78, 5) is 34.4. The molecule has 0 saturated carbocycles. The lowest BCUT2D eigenvalue weighted by atomic mass is 9.95. The van der Waals surface area contributed by atoms with Gasteiger partial charge in [0, 0.05) is 18.5 Å². The first kappa shape index (κ1) is 16.4. The van der Waals surface area contributed by atoms with Gasteiger partial charge in [-0.1, -0.05) is 20.8 Å². The van der Waals surface area contributed by atoms with Crippen molar-refractivity contribution in [1.29, 1.82) is 0 Å². The molecule has 0 aliphatic heterocycles. The summed E-state index contributed by atoms with van der Waals surface area (Å²) < 4.78 is 0. The number of nitrogens with one attached hydrogen (secondary N) is 2. The van der Waals surface area contributed by atoms with Crippen molar-refractivity contribution in [3.63, 3.8) is 0 Å². The maximum Gasteiger partial charge on any atom is 0.243 e. The lowest BCUT2D eigenvalue weighted by Gasteiger charge is -2.23. The summed E-state index contributed by atoms with van der Waals surface area (Å²) in [5.41, 5.74) is 9.66. The summed E-state index contributed by atoms with van der Waals surface area (Å²) in [6, 6.07) is -0.958. The maximum absolute atomic E-state index is 11.8. The molecule has 0 aromatic heterocycles. The van der Waals surface area contributed by atoms with Gasteiger partial charge in [-0.2, -0.15) is 0 Å². The van der Waals surface area contributed by atoms with E-state index in [4.69, 9.17) is 11.5 Å². The second-order valence-electron chi connectivity index (χ2n) is 5.03. The maximum atomic E-state index is 11.8. The van der Waals surface area contributed by atoms with Gasteiger partial charge < -0.3 is 22.1 Å². The Morgan fingerprint density at radius 3 is 2.17 bits per heavy atom. The zero-order chi connectivity index (χ0) is 14.3. The van der Waals surface area contributed by atoms with E-state index < -0.39 is 23.3 Å². The Hall–Kier alpha value is -1.63. The van der Waals surface area contributed by atoms with Gasteiger partial charge in [0.25, 0.3) is 0 Å². The van der Waals surface area contributed by atoms with Crippen LogP contribution in [0, 0.1) is 5.41 Å². The van der Waals surface area contributed by atoms with Crippen molar-refractivity contribution in [2.75, 3.05) is 13.1 Å². The van der Waals surface area contributed by atoms with Gasteiger partial charge in [0.1, 0.15) is 6.04 Å². The van der Waals surface area contributed by atoms with Crippen molar-refractivity contribution in [3.8, 4) is 0 Å². The summed E-state index contributed by atoms with van der Waals surface area (Å²) in [6.45, 7) is 5.69. The molecule has 6 N–H and O–H groups in total. The van der Waals surface area contributed by atoms with Crippen LogP contribution in [-0.4, -0.2) is 36.9 Å². The van der Waals surface area contributed by atoms with E-state index in [2.05, 4.69) is 10.6 Å². The van der Waals surface area contributed by atoms with Crippen LogP contribution in [0.15, 0.2) is 0 Å². The molecule has 7 nitrogen and oxygen atoms in total. The predicted octanol–water partition coefficient (Wildman–Crippen LogP) is -1.53. The SMILES string of the molecule is CC(C)(C)C(=O)NC(CC(N)=O)C(=O)NCCN. The van der Waals surface area contributed by atoms with Crippen LogP contribution in [0.4, 0.5) is 0 Å². The van der Waals surface area contributed by atoms with Crippen molar-refractivity contribution in [2.45, 2.75) is 33.2 Å². The topological polar surface area (TPSA) is 127 Å². The molecule has 0 radical (unpaired) electrons. The molecule has 0 spiro atoms. The van der Waals surface area contributed by atoms with E-state index in [1.165, 1.54) is 0 Å². The summed E-state index contributed by atoms with van der Waals surface area (Å²) in [5.74, 6) is -1.44. The van der Waals surface area contributed by atoms with Crippen LogP contribution in [0.25, 0.3) is 0 Å². The summed E-state index contributed by atoms with van der Waals surface area (Å²) >= 11 is 0. The third-order valence-corrected chi connectivity index (χ3v) is 2.15. The quantitative estimate of drug-likeness (QED) is 0.460. The Labute approximate surface area is 107 Å². The van der Waals surface area contributed by atoms with Crippen molar-refractivity contribution in [2.24, 2.45) is 16.9 Å². The fourth-order valence-electron chi connectivity index (χ4n) is 1.10. The second kappa shape index (κ2) is 6.95. The predicted molar refractivity (Wildman–Crippen MR) is 67.3 cm³/mol. The van der Waals surface area contributed by atoms with Crippen molar-refractivity contribution >= 4 is 17.7 Å². The first-order valence-corrected chi connectivity index (χ1v) is 5.75. The van der Waals surface area contributed by atoms with Crippen LogP contribution in [0.1, 0.15) is 27.2 Å². The molecule has 1 atom stereocenters. The van der Waals surface area contributed by atoms with Crippen LogP contribution in [0.5, 0.6) is 0 Å². The molecule has 3 amide bonds. The summed E-state index contributed by atoms with van der Waals surface area (Å²) in [5, 5.41) is 5.01. The molecule has 0 heterocycles. The van der Waals surface area contributed by atoms with E-state index in [0.717, 1.165) is 0 Å². The molecule has 0 saturated heterocycles. The lowest BCUT2D eigenvalue weighted by molar-refractivity contribution is -0.134. The summed E-state index contributed by atoms with van der Waals surface area (Å²) in [6.07, 6.45) is -0.238. The minimum absolute atomic E-state index is 0.238. The first-order valence-electron chi connectivity index (χ1n) is 5.75. The number of amides is 3. The molecule has 18 heavy (non-hydrogen) atoms. The Balaban J connectivity index is 4.63. The number of carbonyl (C=O) groups excluding carboxylic acids is 3. The minimum Gasteiger partial charge on any atom is -0.370 e. The van der Waals surface area contributed by atoms with Crippen molar-refractivity contribution in [3.05, 3.63) is 0 Å². The zero-order valence-electron chi connectivity index (χ0n) is 11.1. The molecule has 7 heteroatoms. The Morgan fingerprint density at radius 2 is 1.78 bits per heavy atom. The van der Waals surface area contributed by atoms with Gasteiger partial charge in [0.15, 0.2) is 0 Å². The van der Waals surface area contributed by atoms with Gasteiger partial charge in [0.05, 0.1) is 6.42 Å². The molecular formula is C11H22N4O3. The van der Waals surface area contributed by atoms with Crippen LogP contribution < -0.4 is 22.1 Å². The van der Waals surface area contributed by atoms with E-state index >= 15 is 0 Å². The van der Waals surface area contributed by atoms with E-state index in [0.29, 0.717) is 0 Å². The first-order chi connectivity index (χ1) is 8.18. The van der Waals surface area contributed by atoms with Gasteiger partial charge in [-0.05, 0) is 0 Å². The Bertz CT molecular complexity index is 323.